The molecule has 1 unspecified atom stereocenters. The van der Waals surface area contributed by atoms with Crippen molar-refractivity contribution in [2.75, 3.05) is 26.3 Å². The van der Waals surface area contributed by atoms with Crippen LogP contribution in [0.5, 0.6) is 0 Å². The average Bonchev–Trinajstić information content (AvgIpc) is 2.89. The predicted molar refractivity (Wildman–Crippen MR) is 77.4 cm³/mol. The van der Waals surface area contributed by atoms with Gasteiger partial charge in [-0.25, -0.2) is 0 Å². The Labute approximate surface area is 118 Å². The molecule has 1 atom stereocenters. The van der Waals surface area contributed by atoms with Crippen LogP contribution in [0.3, 0.4) is 0 Å². The van der Waals surface area contributed by atoms with Gasteiger partial charge in [-0.15, -0.1) is 11.3 Å². The summed E-state index contributed by atoms with van der Waals surface area (Å²) in [5.74, 6) is 0.181. The Morgan fingerprint density at radius 1 is 1.63 bits per heavy atom. The van der Waals surface area contributed by atoms with Crippen molar-refractivity contribution in [1.29, 1.82) is 0 Å². The van der Waals surface area contributed by atoms with Gasteiger partial charge in [-0.05, 0) is 37.3 Å². The number of fused-ring (bicyclic) bond motifs is 1. The first-order valence-corrected chi connectivity index (χ1v) is 7.72. The summed E-state index contributed by atoms with van der Waals surface area (Å²) in [4.78, 5) is 15.5. The summed E-state index contributed by atoms with van der Waals surface area (Å²) in [5, 5.41) is 5.33. The lowest BCUT2D eigenvalue weighted by molar-refractivity contribution is -0.131. The van der Waals surface area contributed by atoms with Crippen LogP contribution in [0.1, 0.15) is 24.3 Å². The molecule has 106 valence electrons. The molecular weight excluding hydrogens is 260 g/mol. The third kappa shape index (κ3) is 4.03. The van der Waals surface area contributed by atoms with E-state index in [1.54, 1.807) is 11.3 Å². The molecule has 1 N–H and O–H groups in total. The minimum atomic E-state index is 0.181. The highest BCUT2D eigenvalue weighted by Crippen LogP contribution is 2.23. The summed E-state index contributed by atoms with van der Waals surface area (Å²) in [6, 6.07) is 2.34. The molecule has 1 amide bonds. The topological polar surface area (TPSA) is 41.6 Å². The standard InChI is InChI=1S/C14H22N2O2S/c1-3-18-10-11(2)15-8-14(17)16-6-4-13-12(9-16)5-7-19-13/h5,7,11,15H,3-4,6,8-10H2,1-2H3. The largest absolute Gasteiger partial charge is 0.380 e. The van der Waals surface area contributed by atoms with E-state index >= 15 is 0 Å². The second-order valence-corrected chi connectivity index (χ2v) is 5.88. The lowest BCUT2D eigenvalue weighted by Crippen LogP contribution is -2.43. The van der Waals surface area contributed by atoms with Crippen LogP contribution < -0.4 is 5.32 Å². The van der Waals surface area contributed by atoms with Gasteiger partial charge in [0.2, 0.25) is 5.91 Å². The van der Waals surface area contributed by atoms with E-state index in [0.717, 1.165) is 19.5 Å². The molecule has 0 saturated heterocycles. The molecule has 0 aromatic carbocycles. The molecule has 0 saturated carbocycles. The van der Waals surface area contributed by atoms with Gasteiger partial charge in [0.25, 0.3) is 0 Å². The van der Waals surface area contributed by atoms with E-state index in [9.17, 15) is 4.79 Å². The Hall–Kier alpha value is -0.910. The second-order valence-electron chi connectivity index (χ2n) is 4.88. The molecule has 0 spiro atoms. The summed E-state index contributed by atoms with van der Waals surface area (Å²) in [6.07, 6.45) is 0.993. The van der Waals surface area contributed by atoms with Crippen LogP contribution in [-0.2, 0) is 22.5 Å². The molecule has 1 aliphatic heterocycles. The van der Waals surface area contributed by atoms with E-state index in [0.29, 0.717) is 19.8 Å². The van der Waals surface area contributed by atoms with Crippen molar-refractivity contribution in [3.05, 3.63) is 21.9 Å². The molecule has 1 aromatic heterocycles. The quantitative estimate of drug-likeness (QED) is 0.862. The Kier molecular flexibility index (Phi) is 5.36. The van der Waals surface area contributed by atoms with Crippen LogP contribution in [-0.4, -0.2) is 43.2 Å². The summed E-state index contributed by atoms with van der Waals surface area (Å²) in [5.41, 5.74) is 1.31. The summed E-state index contributed by atoms with van der Waals surface area (Å²) < 4.78 is 5.32. The second kappa shape index (κ2) is 7.03. The fourth-order valence-corrected chi connectivity index (χ4v) is 3.08. The smallest absolute Gasteiger partial charge is 0.236 e. The van der Waals surface area contributed by atoms with Crippen molar-refractivity contribution < 1.29 is 9.53 Å². The highest BCUT2D eigenvalue weighted by Gasteiger charge is 2.21. The maximum Gasteiger partial charge on any atom is 0.236 e. The van der Waals surface area contributed by atoms with Crippen molar-refractivity contribution in [1.82, 2.24) is 10.2 Å². The number of amides is 1. The highest BCUT2D eigenvalue weighted by atomic mass is 32.1. The van der Waals surface area contributed by atoms with Crippen LogP contribution in [0.2, 0.25) is 0 Å². The van der Waals surface area contributed by atoms with Gasteiger partial charge >= 0.3 is 0 Å². The zero-order valence-corrected chi connectivity index (χ0v) is 12.5. The molecule has 2 heterocycles. The first kappa shape index (κ1) is 14.5. The molecular formula is C14H22N2O2S. The molecule has 4 nitrogen and oxygen atoms in total. The van der Waals surface area contributed by atoms with Gasteiger partial charge in [0.05, 0.1) is 13.2 Å². The minimum absolute atomic E-state index is 0.181. The first-order chi connectivity index (χ1) is 9.20. The summed E-state index contributed by atoms with van der Waals surface area (Å²) in [7, 11) is 0. The summed E-state index contributed by atoms with van der Waals surface area (Å²) in [6.45, 7) is 7.38. The van der Waals surface area contributed by atoms with Crippen LogP contribution in [0.25, 0.3) is 0 Å². The van der Waals surface area contributed by atoms with Crippen LogP contribution in [0.15, 0.2) is 11.4 Å². The van der Waals surface area contributed by atoms with Gasteiger partial charge < -0.3 is 15.0 Å². The normalized spacial score (nSPS) is 16.2. The Balaban J connectivity index is 1.75. The van der Waals surface area contributed by atoms with Gasteiger partial charge in [-0.2, -0.15) is 0 Å². The molecule has 0 aliphatic carbocycles. The number of ether oxygens (including phenoxy) is 1. The van der Waals surface area contributed by atoms with Crippen molar-refractivity contribution in [2.45, 2.75) is 32.9 Å². The monoisotopic (exact) mass is 282 g/mol. The number of hydrogen-bond donors (Lipinski definition) is 1. The van der Waals surface area contributed by atoms with Gasteiger partial charge in [-0.3, -0.25) is 4.79 Å². The van der Waals surface area contributed by atoms with Crippen LogP contribution in [0, 0.1) is 0 Å². The molecule has 0 fully saturated rings. The molecule has 1 aliphatic rings. The van der Waals surface area contributed by atoms with E-state index in [2.05, 4.69) is 16.8 Å². The third-order valence-corrected chi connectivity index (χ3v) is 4.36. The van der Waals surface area contributed by atoms with Gasteiger partial charge in [0.1, 0.15) is 0 Å². The van der Waals surface area contributed by atoms with Crippen molar-refractivity contribution in [3.63, 3.8) is 0 Å². The fraction of sp³-hybridized carbons (Fsp3) is 0.643. The van der Waals surface area contributed by atoms with Crippen LogP contribution >= 0.6 is 11.3 Å². The lowest BCUT2D eigenvalue weighted by atomic mass is 10.1. The Morgan fingerprint density at radius 3 is 3.26 bits per heavy atom. The molecule has 19 heavy (non-hydrogen) atoms. The van der Waals surface area contributed by atoms with Crippen LogP contribution in [0.4, 0.5) is 0 Å². The molecule has 1 aromatic rings. The number of hydrogen-bond acceptors (Lipinski definition) is 4. The highest BCUT2D eigenvalue weighted by molar-refractivity contribution is 7.10. The van der Waals surface area contributed by atoms with E-state index in [1.165, 1.54) is 10.4 Å². The van der Waals surface area contributed by atoms with E-state index < -0.39 is 0 Å². The number of carbonyl (C=O) groups excluding carboxylic acids is 1. The molecule has 5 heteroatoms. The SMILES string of the molecule is CCOCC(C)NCC(=O)N1CCc2sccc2C1. The van der Waals surface area contributed by atoms with E-state index in [-0.39, 0.29) is 11.9 Å². The van der Waals surface area contributed by atoms with Gasteiger partial charge in [0, 0.05) is 30.6 Å². The maximum absolute atomic E-state index is 12.1. The number of rotatable bonds is 6. The van der Waals surface area contributed by atoms with Crippen molar-refractivity contribution in [3.8, 4) is 0 Å². The lowest BCUT2D eigenvalue weighted by Gasteiger charge is -2.27. The van der Waals surface area contributed by atoms with E-state index in [1.807, 2.05) is 18.7 Å². The Morgan fingerprint density at radius 2 is 2.47 bits per heavy atom. The fourth-order valence-electron chi connectivity index (χ4n) is 2.19. The van der Waals surface area contributed by atoms with Crippen molar-refractivity contribution in [2.24, 2.45) is 0 Å². The molecule has 2 rings (SSSR count). The third-order valence-electron chi connectivity index (χ3n) is 3.33. The molecule has 0 bridgehead atoms. The van der Waals surface area contributed by atoms with Gasteiger partial charge in [0.15, 0.2) is 0 Å². The predicted octanol–water partition coefficient (Wildman–Crippen LogP) is 1.65. The molecule has 0 radical (unpaired) electrons. The average molecular weight is 282 g/mol. The number of thiophene rings is 1. The van der Waals surface area contributed by atoms with E-state index in [4.69, 9.17) is 4.74 Å². The number of nitrogens with one attached hydrogen (secondary N) is 1. The number of nitrogens with zero attached hydrogens (tertiary/aromatic N) is 1. The number of carbonyl (C=O) groups is 1. The zero-order valence-electron chi connectivity index (χ0n) is 11.6. The first-order valence-electron chi connectivity index (χ1n) is 6.84. The van der Waals surface area contributed by atoms with Crippen molar-refractivity contribution >= 4 is 17.2 Å². The zero-order chi connectivity index (χ0) is 13.7. The maximum atomic E-state index is 12.1. The summed E-state index contributed by atoms with van der Waals surface area (Å²) >= 11 is 1.80. The van der Waals surface area contributed by atoms with Gasteiger partial charge in [-0.1, -0.05) is 0 Å². The minimum Gasteiger partial charge on any atom is -0.380 e. The Bertz CT molecular complexity index is 419.